The molecule has 1 fully saturated rings. The molecule has 1 N–H and O–H groups in total. The maximum atomic E-state index is 11.4. The SMILES string of the molecule is CC[C@H]1NC(=O)N(C(C)C)C1=O. The minimum absolute atomic E-state index is 0.0472. The van der Waals surface area contributed by atoms with E-state index in [-0.39, 0.29) is 24.0 Å². The first-order valence-corrected chi connectivity index (χ1v) is 4.21. The average Bonchev–Trinajstić information content (AvgIpc) is 2.25. The lowest BCUT2D eigenvalue weighted by molar-refractivity contribution is -0.128. The Morgan fingerprint density at radius 2 is 2.08 bits per heavy atom. The van der Waals surface area contributed by atoms with Crippen LogP contribution in [0.15, 0.2) is 0 Å². The van der Waals surface area contributed by atoms with E-state index in [9.17, 15) is 9.59 Å². The van der Waals surface area contributed by atoms with Crippen LogP contribution in [-0.2, 0) is 4.79 Å². The molecule has 4 nitrogen and oxygen atoms in total. The molecule has 68 valence electrons. The van der Waals surface area contributed by atoms with Gasteiger partial charge in [0.2, 0.25) is 0 Å². The van der Waals surface area contributed by atoms with Crippen LogP contribution in [0.3, 0.4) is 0 Å². The van der Waals surface area contributed by atoms with Gasteiger partial charge in [0.1, 0.15) is 6.04 Å². The molecule has 1 aliphatic heterocycles. The van der Waals surface area contributed by atoms with E-state index in [4.69, 9.17) is 0 Å². The Hall–Kier alpha value is -1.06. The molecule has 3 amide bonds. The molecule has 1 saturated heterocycles. The molecular weight excluding hydrogens is 156 g/mol. The minimum atomic E-state index is -0.306. The maximum absolute atomic E-state index is 11.4. The lowest BCUT2D eigenvalue weighted by Crippen LogP contribution is -2.37. The fourth-order valence-corrected chi connectivity index (χ4v) is 1.31. The average molecular weight is 170 g/mol. The number of hydrogen-bond donors (Lipinski definition) is 1. The van der Waals surface area contributed by atoms with Gasteiger partial charge >= 0.3 is 6.03 Å². The summed E-state index contributed by atoms with van der Waals surface area (Å²) >= 11 is 0. The maximum Gasteiger partial charge on any atom is 0.325 e. The van der Waals surface area contributed by atoms with Crippen LogP contribution >= 0.6 is 0 Å². The molecular formula is C8H14N2O2. The standard InChI is InChI=1S/C8H14N2O2/c1-4-6-7(11)10(5(2)3)8(12)9-6/h5-6H,4H2,1-3H3,(H,9,12)/t6-/m1/s1. The van der Waals surface area contributed by atoms with Crippen molar-refractivity contribution in [3.63, 3.8) is 0 Å². The number of carbonyl (C=O) groups excluding carboxylic acids is 2. The molecule has 0 aliphatic carbocycles. The van der Waals surface area contributed by atoms with E-state index in [0.29, 0.717) is 6.42 Å². The summed E-state index contributed by atoms with van der Waals surface area (Å²) in [4.78, 5) is 23.9. The van der Waals surface area contributed by atoms with Crippen molar-refractivity contribution in [1.29, 1.82) is 0 Å². The molecule has 0 saturated carbocycles. The van der Waals surface area contributed by atoms with E-state index in [0.717, 1.165) is 0 Å². The van der Waals surface area contributed by atoms with Crippen molar-refractivity contribution in [2.45, 2.75) is 39.3 Å². The molecule has 0 bridgehead atoms. The van der Waals surface area contributed by atoms with Crippen LogP contribution in [-0.4, -0.2) is 28.9 Å². The van der Waals surface area contributed by atoms with E-state index in [1.165, 1.54) is 4.90 Å². The summed E-state index contributed by atoms with van der Waals surface area (Å²) in [5.41, 5.74) is 0. The van der Waals surface area contributed by atoms with Crippen LogP contribution in [0.1, 0.15) is 27.2 Å². The summed E-state index contributed by atoms with van der Waals surface area (Å²) < 4.78 is 0. The van der Waals surface area contributed by atoms with Gasteiger partial charge < -0.3 is 5.32 Å². The molecule has 0 unspecified atom stereocenters. The molecule has 0 radical (unpaired) electrons. The summed E-state index contributed by atoms with van der Waals surface area (Å²) in [5.74, 6) is -0.0995. The molecule has 0 aromatic rings. The monoisotopic (exact) mass is 170 g/mol. The molecule has 1 heterocycles. The Bertz CT molecular complexity index is 213. The minimum Gasteiger partial charge on any atom is -0.326 e. The van der Waals surface area contributed by atoms with Crippen LogP contribution in [0.5, 0.6) is 0 Å². The smallest absolute Gasteiger partial charge is 0.325 e. The highest BCUT2D eigenvalue weighted by Gasteiger charge is 2.37. The lowest BCUT2D eigenvalue weighted by Gasteiger charge is -2.16. The molecule has 12 heavy (non-hydrogen) atoms. The molecule has 0 spiro atoms. The fraction of sp³-hybridized carbons (Fsp3) is 0.750. The van der Waals surface area contributed by atoms with Crippen molar-refractivity contribution < 1.29 is 9.59 Å². The second kappa shape index (κ2) is 3.13. The van der Waals surface area contributed by atoms with E-state index in [1.54, 1.807) is 0 Å². The van der Waals surface area contributed by atoms with Gasteiger partial charge in [0, 0.05) is 6.04 Å². The zero-order valence-electron chi connectivity index (χ0n) is 7.63. The van der Waals surface area contributed by atoms with Gasteiger partial charge in [0.15, 0.2) is 0 Å². The zero-order valence-corrected chi connectivity index (χ0v) is 7.63. The topological polar surface area (TPSA) is 49.4 Å². The number of amides is 3. The zero-order chi connectivity index (χ0) is 9.30. The highest BCUT2D eigenvalue weighted by Crippen LogP contribution is 2.11. The van der Waals surface area contributed by atoms with E-state index < -0.39 is 0 Å². The number of rotatable bonds is 2. The second-order valence-corrected chi connectivity index (χ2v) is 3.21. The van der Waals surface area contributed by atoms with Crippen LogP contribution in [0.25, 0.3) is 0 Å². The Kier molecular flexibility index (Phi) is 2.35. The van der Waals surface area contributed by atoms with Crippen molar-refractivity contribution in [2.24, 2.45) is 0 Å². The Labute approximate surface area is 71.9 Å². The summed E-state index contributed by atoms with van der Waals surface area (Å²) in [6, 6.07) is -0.615. The van der Waals surface area contributed by atoms with Crippen molar-refractivity contribution in [3.8, 4) is 0 Å². The quantitative estimate of drug-likeness (QED) is 0.621. The normalized spacial score (nSPS) is 23.7. The third-order valence-corrected chi connectivity index (χ3v) is 1.98. The van der Waals surface area contributed by atoms with Gasteiger partial charge in [-0.25, -0.2) is 4.79 Å². The highest BCUT2D eigenvalue weighted by molar-refractivity contribution is 6.04. The first kappa shape index (κ1) is 9.03. The Balaban J connectivity index is 2.77. The van der Waals surface area contributed by atoms with E-state index >= 15 is 0 Å². The van der Waals surface area contributed by atoms with Gasteiger partial charge in [-0.15, -0.1) is 0 Å². The van der Waals surface area contributed by atoms with Crippen molar-refractivity contribution in [2.75, 3.05) is 0 Å². The third kappa shape index (κ3) is 1.29. The summed E-state index contributed by atoms with van der Waals surface area (Å²) in [7, 11) is 0. The van der Waals surface area contributed by atoms with Crippen LogP contribution in [0.4, 0.5) is 4.79 Å². The van der Waals surface area contributed by atoms with Gasteiger partial charge in [-0.2, -0.15) is 0 Å². The van der Waals surface area contributed by atoms with E-state index in [1.807, 2.05) is 20.8 Å². The number of carbonyl (C=O) groups is 2. The summed E-state index contributed by atoms with van der Waals surface area (Å²) in [5, 5.41) is 2.62. The molecule has 1 aliphatic rings. The van der Waals surface area contributed by atoms with Crippen LogP contribution < -0.4 is 5.32 Å². The Morgan fingerprint density at radius 3 is 2.33 bits per heavy atom. The van der Waals surface area contributed by atoms with Crippen molar-refractivity contribution in [1.82, 2.24) is 10.2 Å². The number of nitrogens with one attached hydrogen (secondary N) is 1. The summed E-state index contributed by atoms with van der Waals surface area (Å²) in [6.07, 6.45) is 0.661. The predicted molar refractivity (Wildman–Crippen MR) is 44.6 cm³/mol. The largest absolute Gasteiger partial charge is 0.326 e. The van der Waals surface area contributed by atoms with Crippen molar-refractivity contribution >= 4 is 11.9 Å². The first-order chi connectivity index (χ1) is 5.57. The van der Waals surface area contributed by atoms with Gasteiger partial charge in [-0.3, -0.25) is 9.69 Å². The number of hydrogen-bond acceptors (Lipinski definition) is 2. The molecule has 4 heteroatoms. The van der Waals surface area contributed by atoms with Gasteiger partial charge in [-0.1, -0.05) is 6.92 Å². The van der Waals surface area contributed by atoms with E-state index in [2.05, 4.69) is 5.32 Å². The number of imide groups is 1. The third-order valence-electron chi connectivity index (χ3n) is 1.98. The Morgan fingerprint density at radius 1 is 1.50 bits per heavy atom. The lowest BCUT2D eigenvalue weighted by atomic mass is 10.2. The van der Waals surface area contributed by atoms with Crippen molar-refractivity contribution in [3.05, 3.63) is 0 Å². The predicted octanol–water partition coefficient (Wildman–Crippen LogP) is 0.725. The van der Waals surface area contributed by atoms with Crippen LogP contribution in [0, 0.1) is 0 Å². The summed E-state index contributed by atoms with van der Waals surface area (Å²) in [6.45, 7) is 5.54. The number of urea groups is 1. The van der Waals surface area contributed by atoms with Crippen LogP contribution in [0.2, 0.25) is 0 Å². The molecule has 1 atom stereocenters. The van der Waals surface area contributed by atoms with Gasteiger partial charge in [0.05, 0.1) is 0 Å². The molecule has 1 rings (SSSR count). The van der Waals surface area contributed by atoms with Gasteiger partial charge in [0.25, 0.3) is 5.91 Å². The number of nitrogens with zero attached hydrogens (tertiary/aromatic N) is 1. The second-order valence-electron chi connectivity index (χ2n) is 3.21. The molecule has 0 aromatic carbocycles. The highest BCUT2D eigenvalue weighted by atomic mass is 16.2. The fourth-order valence-electron chi connectivity index (χ4n) is 1.31. The molecule has 0 aromatic heterocycles. The first-order valence-electron chi connectivity index (χ1n) is 4.21. The van der Waals surface area contributed by atoms with Gasteiger partial charge in [-0.05, 0) is 20.3 Å².